The number of Topliss-reactive ketones (excluding diaryl/α,β-unsaturated/α-hetero) is 1. The van der Waals surface area contributed by atoms with E-state index in [0.717, 1.165) is 29.0 Å². The standard InChI is InChI=1S/C24H27NO5/c1-14(2)11-25-12-18-20(29-13-25)8-15(3)22-23(26)21(30-24(18)22)10-16-9-17(27-4)6-7-19(16)28-5/h6-10,14H,11-13H2,1-5H3/b21-10-. The van der Waals surface area contributed by atoms with Gasteiger partial charge in [-0.05, 0) is 48.7 Å². The van der Waals surface area contributed by atoms with Gasteiger partial charge in [-0.2, -0.15) is 0 Å². The van der Waals surface area contributed by atoms with E-state index in [1.807, 2.05) is 31.2 Å². The Morgan fingerprint density at radius 2 is 2.00 bits per heavy atom. The maximum absolute atomic E-state index is 13.2. The van der Waals surface area contributed by atoms with Crippen molar-refractivity contribution in [3.05, 3.63) is 52.3 Å². The van der Waals surface area contributed by atoms with Crippen LogP contribution in [-0.4, -0.2) is 38.2 Å². The van der Waals surface area contributed by atoms with Crippen LogP contribution in [0.2, 0.25) is 0 Å². The van der Waals surface area contributed by atoms with Crippen molar-refractivity contribution < 1.29 is 23.7 Å². The predicted octanol–water partition coefficient (Wildman–Crippen LogP) is 4.44. The van der Waals surface area contributed by atoms with E-state index in [1.165, 1.54) is 0 Å². The third-order valence-electron chi connectivity index (χ3n) is 5.33. The number of aryl methyl sites for hydroxylation is 1. The molecule has 4 rings (SSSR count). The van der Waals surface area contributed by atoms with Crippen LogP contribution in [0.3, 0.4) is 0 Å². The fourth-order valence-corrected chi connectivity index (χ4v) is 4.00. The SMILES string of the molecule is COc1ccc(OC)c(/C=C2\Oc3c4c(cc(C)c3C2=O)OCN(CC(C)C)C4)c1. The lowest BCUT2D eigenvalue weighted by Crippen LogP contribution is -2.35. The highest BCUT2D eigenvalue weighted by atomic mass is 16.5. The van der Waals surface area contributed by atoms with Gasteiger partial charge in [-0.25, -0.2) is 0 Å². The Morgan fingerprint density at radius 3 is 2.70 bits per heavy atom. The van der Waals surface area contributed by atoms with Gasteiger partial charge in [0.25, 0.3) is 0 Å². The summed E-state index contributed by atoms with van der Waals surface area (Å²) in [5, 5.41) is 0. The number of ketones is 1. The van der Waals surface area contributed by atoms with Gasteiger partial charge in [-0.1, -0.05) is 13.8 Å². The van der Waals surface area contributed by atoms with Crippen LogP contribution < -0.4 is 18.9 Å². The van der Waals surface area contributed by atoms with Crippen molar-refractivity contribution in [1.82, 2.24) is 4.90 Å². The number of allylic oxidation sites excluding steroid dienone is 1. The number of rotatable bonds is 5. The number of ether oxygens (including phenoxy) is 4. The topological polar surface area (TPSA) is 57.2 Å². The van der Waals surface area contributed by atoms with Crippen LogP contribution in [0.1, 0.15) is 40.9 Å². The molecule has 2 aliphatic heterocycles. The molecule has 30 heavy (non-hydrogen) atoms. The molecule has 0 aromatic heterocycles. The highest BCUT2D eigenvalue weighted by molar-refractivity contribution is 6.16. The van der Waals surface area contributed by atoms with Gasteiger partial charge in [0, 0.05) is 18.7 Å². The Balaban J connectivity index is 1.73. The Hall–Kier alpha value is -2.99. The van der Waals surface area contributed by atoms with E-state index in [4.69, 9.17) is 18.9 Å². The van der Waals surface area contributed by atoms with E-state index in [1.54, 1.807) is 20.3 Å². The minimum atomic E-state index is -0.129. The average Bonchev–Trinajstić information content (AvgIpc) is 3.05. The molecule has 0 fully saturated rings. The molecule has 0 saturated carbocycles. The minimum absolute atomic E-state index is 0.129. The lowest BCUT2D eigenvalue weighted by Gasteiger charge is -2.31. The van der Waals surface area contributed by atoms with Gasteiger partial charge in [-0.3, -0.25) is 9.69 Å². The number of carbonyl (C=O) groups excluding carboxylic acids is 1. The van der Waals surface area contributed by atoms with Crippen LogP contribution in [0.25, 0.3) is 6.08 Å². The van der Waals surface area contributed by atoms with E-state index in [0.29, 0.717) is 42.0 Å². The summed E-state index contributed by atoms with van der Waals surface area (Å²) in [5.41, 5.74) is 3.11. The molecule has 0 atom stereocenters. The fraction of sp³-hybridized carbons (Fsp3) is 0.375. The van der Waals surface area contributed by atoms with Crippen molar-refractivity contribution >= 4 is 11.9 Å². The van der Waals surface area contributed by atoms with Crippen molar-refractivity contribution in [3.8, 4) is 23.0 Å². The van der Waals surface area contributed by atoms with Crippen LogP contribution in [0, 0.1) is 12.8 Å². The van der Waals surface area contributed by atoms with Crippen LogP contribution >= 0.6 is 0 Å². The monoisotopic (exact) mass is 409 g/mol. The van der Waals surface area contributed by atoms with Gasteiger partial charge in [0.05, 0.1) is 25.3 Å². The molecule has 0 amide bonds. The number of hydrogen-bond acceptors (Lipinski definition) is 6. The summed E-state index contributed by atoms with van der Waals surface area (Å²) in [7, 11) is 3.20. The molecule has 0 radical (unpaired) electrons. The summed E-state index contributed by atoms with van der Waals surface area (Å²) >= 11 is 0. The molecule has 0 spiro atoms. The quantitative estimate of drug-likeness (QED) is 0.681. The van der Waals surface area contributed by atoms with E-state index in [9.17, 15) is 4.79 Å². The molecule has 2 aromatic rings. The summed E-state index contributed by atoms with van der Waals surface area (Å²) in [6.45, 7) is 8.42. The average molecular weight is 409 g/mol. The highest BCUT2D eigenvalue weighted by Gasteiger charge is 2.35. The van der Waals surface area contributed by atoms with E-state index in [2.05, 4.69) is 18.7 Å². The number of methoxy groups -OCH3 is 2. The second-order valence-electron chi connectivity index (χ2n) is 8.10. The molecule has 6 nitrogen and oxygen atoms in total. The van der Waals surface area contributed by atoms with E-state index in [-0.39, 0.29) is 11.5 Å². The molecule has 2 aromatic carbocycles. The Bertz CT molecular complexity index is 1020. The first-order valence-electron chi connectivity index (χ1n) is 10.1. The van der Waals surface area contributed by atoms with Crippen molar-refractivity contribution in [2.75, 3.05) is 27.5 Å². The molecule has 0 aliphatic carbocycles. The summed E-state index contributed by atoms with van der Waals surface area (Å²) in [6.07, 6.45) is 1.71. The lowest BCUT2D eigenvalue weighted by atomic mass is 9.98. The van der Waals surface area contributed by atoms with Crippen LogP contribution in [0.4, 0.5) is 0 Å². The third-order valence-corrected chi connectivity index (χ3v) is 5.33. The molecule has 2 aliphatic rings. The van der Waals surface area contributed by atoms with Gasteiger partial charge in [0.2, 0.25) is 5.78 Å². The summed E-state index contributed by atoms with van der Waals surface area (Å²) < 4.78 is 22.9. The van der Waals surface area contributed by atoms with Crippen LogP contribution in [0.5, 0.6) is 23.0 Å². The normalized spacial score (nSPS) is 16.9. The van der Waals surface area contributed by atoms with Crippen LogP contribution in [0.15, 0.2) is 30.0 Å². The van der Waals surface area contributed by atoms with Crippen LogP contribution in [-0.2, 0) is 6.54 Å². The Kier molecular flexibility index (Phi) is 5.43. The van der Waals surface area contributed by atoms with Gasteiger partial charge < -0.3 is 18.9 Å². The van der Waals surface area contributed by atoms with E-state index >= 15 is 0 Å². The molecule has 2 heterocycles. The zero-order valence-corrected chi connectivity index (χ0v) is 18.1. The molecule has 158 valence electrons. The smallest absolute Gasteiger partial charge is 0.232 e. The van der Waals surface area contributed by atoms with Crippen molar-refractivity contribution in [1.29, 1.82) is 0 Å². The van der Waals surface area contributed by atoms with Crippen molar-refractivity contribution in [2.24, 2.45) is 5.92 Å². The molecular weight excluding hydrogens is 382 g/mol. The number of benzene rings is 2. The van der Waals surface area contributed by atoms with Gasteiger partial charge in [-0.15, -0.1) is 0 Å². The van der Waals surface area contributed by atoms with Crippen molar-refractivity contribution in [2.45, 2.75) is 27.3 Å². The summed E-state index contributed by atoms with van der Waals surface area (Å²) in [5.74, 6) is 3.38. The first-order chi connectivity index (χ1) is 14.4. The minimum Gasteiger partial charge on any atom is -0.497 e. The molecule has 6 heteroatoms. The zero-order chi connectivity index (χ0) is 21.4. The maximum atomic E-state index is 13.2. The maximum Gasteiger partial charge on any atom is 0.232 e. The van der Waals surface area contributed by atoms with Crippen molar-refractivity contribution in [3.63, 3.8) is 0 Å². The first-order valence-corrected chi connectivity index (χ1v) is 10.1. The summed E-state index contributed by atoms with van der Waals surface area (Å²) in [4.78, 5) is 15.4. The Labute approximate surface area is 177 Å². The zero-order valence-electron chi connectivity index (χ0n) is 18.1. The number of nitrogens with zero attached hydrogens (tertiary/aromatic N) is 1. The number of fused-ring (bicyclic) bond motifs is 3. The molecule has 0 N–H and O–H groups in total. The first kappa shape index (κ1) is 20.3. The highest BCUT2D eigenvalue weighted by Crippen LogP contribution is 2.44. The Morgan fingerprint density at radius 1 is 1.20 bits per heavy atom. The van der Waals surface area contributed by atoms with Gasteiger partial charge >= 0.3 is 0 Å². The molecule has 0 bridgehead atoms. The van der Waals surface area contributed by atoms with Gasteiger partial charge in [0.1, 0.15) is 29.7 Å². The third kappa shape index (κ3) is 3.63. The number of hydrogen-bond donors (Lipinski definition) is 0. The second kappa shape index (κ2) is 8.03. The molecule has 0 saturated heterocycles. The second-order valence-corrected chi connectivity index (χ2v) is 8.10. The van der Waals surface area contributed by atoms with Gasteiger partial charge in [0.15, 0.2) is 5.76 Å². The number of carbonyl (C=O) groups is 1. The predicted molar refractivity (Wildman–Crippen MR) is 114 cm³/mol. The lowest BCUT2D eigenvalue weighted by molar-refractivity contribution is 0.0831. The fourth-order valence-electron chi connectivity index (χ4n) is 4.00. The van der Waals surface area contributed by atoms with E-state index < -0.39 is 0 Å². The largest absolute Gasteiger partial charge is 0.497 e. The molecular formula is C24H27NO5. The summed E-state index contributed by atoms with van der Waals surface area (Å²) in [6, 6.07) is 7.38. The molecule has 0 unspecified atom stereocenters.